The lowest BCUT2D eigenvalue weighted by Gasteiger charge is -2.22. The molecule has 3 N–H and O–H groups in total. The Labute approximate surface area is 131 Å². The van der Waals surface area contributed by atoms with Gasteiger partial charge in [0.25, 0.3) is 0 Å². The molecule has 2 aromatic rings. The molecule has 1 aliphatic rings. The van der Waals surface area contributed by atoms with Crippen LogP contribution in [0, 0.1) is 0 Å². The number of nitrogens with two attached hydrogens (primary N) is 1. The largest absolute Gasteiger partial charge is 0.370 e. The molecule has 22 heavy (non-hydrogen) atoms. The zero-order chi connectivity index (χ0) is 15.7. The number of benzene rings is 1. The Bertz CT molecular complexity index is 716. The van der Waals surface area contributed by atoms with Crippen molar-refractivity contribution in [2.75, 3.05) is 18.0 Å². The van der Waals surface area contributed by atoms with Gasteiger partial charge >= 0.3 is 0 Å². The summed E-state index contributed by atoms with van der Waals surface area (Å²) in [7, 11) is 0. The Morgan fingerprint density at radius 3 is 2.55 bits per heavy atom. The minimum Gasteiger partial charge on any atom is -0.370 e. The second kappa shape index (κ2) is 5.61. The molecule has 2 heterocycles. The van der Waals surface area contributed by atoms with Crippen molar-refractivity contribution in [1.29, 1.82) is 0 Å². The molecule has 1 unspecified atom stereocenters. The van der Waals surface area contributed by atoms with Crippen LogP contribution in [0.2, 0.25) is 0 Å². The highest BCUT2D eigenvalue weighted by Crippen LogP contribution is 2.28. The molecule has 1 aromatic carbocycles. The van der Waals surface area contributed by atoms with Gasteiger partial charge < -0.3 is 15.6 Å². The maximum absolute atomic E-state index is 11.6. The number of aryl methyl sites for hydroxylation is 1. The Hall–Kier alpha value is -2.07. The number of H-pyrrole nitrogens is 1. The molecule has 1 atom stereocenters. The van der Waals surface area contributed by atoms with E-state index in [9.17, 15) is 4.79 Å². The fraction of sp³-hybridized carbons (Fsp3) is 0.389. The van der Waals surface area contributed by atoms with E-state index >= 15 is 0 Å². The predicted molar refractivity (Wildman–Crippen MR) is 91.3 cm³/mol. The molecule has 0 aliphatic carbocycles. The van der Waals surface area contributed by atoms with Crippen molar-refractivity contribution in [1.82, 2.24) is 4.98 Å². The quantitative estimate of drug-likeness (QED) is 0.915. The number of anilines is 1. The molecular weight excluding hydrogens is 274 g/mol. The van der Waals surface area contributed by atoms with Gasteiger partial charge in [-0.15, -0.1) is 0 Å². The van der Waals surface area contributed by atoms with Crippen LogP contribution >= 0.6 is 0 Å². The average Bonchev–Trinajstić information content (AvgIpc) is 2.87. The zero-order valence-electron chi connectivity index (χ0n) is 13.2. The molecule has 1 aliphatic heterocycles. The van der Waals surface area contributed by atoms with Crippen molar-refractivity contribution in [3.05, 3.63) is 52.3 Å². The summed E-state index contributed by atoms with van der Waals surface area (Å²) in [6.07, 6.45) is 1.91. The summed E-state index contributed by atoms with van der Waals surface area (Å²) in [5.41, 5.74) is 10.4. The second-order valence-corrected chi connectivity index (χ2v) is 6.45. The smallest absolute Gasteiger partial charge is 0.248 e. The molecular formula is C18H23N3O. The Morgan fingerprint density at radius 2 is 1.95 bits per heavy atom. The van der Waals surface area contributed by atoms with Gasteiger partial charge in [0.15, 0.2) is 0 Å². The maximum Gasteiger partial charge on any atom is 0.248 e. The van der Waals surface area contributed by atoms with E-state index in [0.29, 0.717) is 0 Å². The topological polar surface area (TPSA) is 62.1 Å². The van der Waals surface area contributed by atoms with Crippen LogP contribution in [0.1, 0.15) is 25.8 Å². The molecule has 116 valence electrons. The summed E-state index contributed by atoms with van der Waals surface area (Å²) in [6, 6.07) is 11.9. The highest BCUT2D eigenvalue weighted by molar-refractivity contribution is 5.66. The van der Waals surface area contributed by atoms with Crippen molar-refractivity contribution in [3.63, 3.8) is 0 Å². The van der Waals surface area contributed by atoms with Crippen molar-refractivity contribution < 1.29 is 0 Å². The van der Waals surface area contributed by atoms with Crippen LogP contribution in [-0.2, 0) is 6.42 Å². The predicted octanol–water partition coefficient (Wildman–Crippen LogP) is 2.53. The van der Waals surface area contributed by atoms with E-state index in [1.54, 1.807) is 6.07 Å². The van der Waals surface area contributed by atoms with E-state index in [1.165, 1.54) is 5.69 Å². The van der Waals surface area contributed by atoms with Gasteiger partial charge in [-0.25, -0.2) is 0 Å². The van der Waals surface area contributed by atoms with Crippen molar-refractivity contribution in [2.45, 2.75) is 32.2 Å². The molecule has 0 amide bonds. The minimum absolute atomic E-state index is 0.0604. The number of pyridine rings is 1. The van der Waals surface area contributed by atoms with Gasteiger partial charge in [0.1, 0.15) is 0 Å². The number of hydrogen-bond acceptors (Lipinski definition) is 3. The summed E-state index contributed by atoms with van der Waals surface area (Å²) in [5, 5.41) is 0. The number of rotatable bonds is 3. The number of aromatic nitrogens is 1. The lowest BCUT2D eigenvalue weighted by atomic mass is 10.0. The Morgan fingerprint density at radius 1 is 1.23 bits per heavy atom. The number of aromatic amines is 1. The molecule has 1 fully saturated rings. The first-order chi connectivity index (χ1) is 10.5. The molecule has 1 saturated heterocycles. The number of nitrogens with zero attached hydrogens (tertiary/aromatic N) is 1. The van der Waals surface area contributed by atoms with Gasteiger partial charge in [-0.1, -0.05) is 25.1 Å². The van der Waals surface area contributed by atoms with Gasteiger partial charge in [-0.05, 0) is 43.0 Å². The van der Waals surface area contributed by atoms with Gasteiger partial charge in [0.05, 0.1) is 5.69 Å². The molecule has 0 radical (unpaired) electrons. The van der Waals surface area contributed by atoms with Crippen LogP contribution in [0.25, 0.3) is 11.3 Å². The highest BCUT2D eigenvalue weighted by atomic mass is 16.1. The molecule has 0 bridgehead atoms. The first kappa shape index (κ1) is 14.9. The van der Waals surface area contributed by atoms with Crippen LogP contribution in [0.3, 0.4) is 0 Å². The fourth-order valence-corrected chi connectivity index (χ4v) is 3.10. The van der Waals surface area contributed by atoms with Crippen molar-refractivity contribution >= 4 is 5.69 Å². The van der Waals surface area contributed by atoms with E-state index in [2.05, 4.69) is 48.0 Å². The summed E-state index contributed by atoms with van der Waals surface area (Å²) in [6.45, 7) is 6.07. The Kier molecular flexibility index (Phi) is 3.79. The van der Waals surface area contributed by atoms with Crippen LogP contribution in [-0.4, -0.2) is 23.6 Å². The molecule has 0 spiro atoms. The van der Waals surface area contributed by atoms with Gasteiger partial charge in [-0.3, -0.25) is 4.79 Å². The fourth-order valence-electron chi connectivity index (χ4n) is 3.10. The SMILES string of the molecule is CCc1ccc(=O)[nH]c1-c1ccc(N2CCC(C)(N)C2)cc1. The van der Waals surface area contributed by atoms with Crippen molar-refractivity contribution in [3.8, 4) is 11.3 Å². The highest BCUT2D eigenvalue weighted by Gasteiger charge is 2.29. The number of nitrogens with one attached hydrogen (secondary N) is 1. The summed E-state index contributed by atoms with van der Waals surface area (Å²) >= 11 is 0. The summed E-state index contributed by atoms with van der Waals surface area (Å²) < 4.78 is 0. The minimum atomic E-state index is -0.0985. The lowest BCUT2D eigenvalue weighted by Crippen LogP contribution is -2.39. The van der Waals surface area contributed by atoms with Crippen molar-refractivity contribution in [2.24, 2.45) is 5.73 Å². The van der Waals surface area contributed by atoms with E-state index in [4.69, 9.17) is 5.73 Å². The van der Waals surface area contributed by atoms with E-state index in [-0.39, 0.29) is 11.1 Å². The third-order valence-electron chi connectivity index (χ3n) is 4.41. The Balaban J connectivity index is 1.89. The first-order valence-corrected chi connectivity index (χ1v) is 7.85. The molecule has 4 nitrogen and oxygen atoms in total. The van der Waals surface area contributed by atoms with Gasteiger partial charge in [0.2, 0.25) is 5.56 Å². The van der Waals surface area contributed by atoms with E-state index in [1.807, 2.05) is 6.07 Å². The van der Waals surface area contributed by atoms with Crippen LogP contribution in [0.5, 0.6) is 0 Å². The molecule has 4 heteroatoms. The number of hydrogen-bond donors (Lipinski definition) is 2. The average molecular weight is 297 g/mol. The first-order valence-electron chi connectivity index (χ1n) is 7.85. The molecule has 3 rings (SSSR count). The van der Waals surface area contributed by atoms with Crippen LogP contribution < -0.4 is 16.2 Å². The van der Waals surface area contributed by atoms with Crippen LogP contribution in [0.15, 0.2) is 41.2 Å². The van der Waals surface area contributed by atoms with E-state index < -0.39 is 0 Å². The molecule has 1 aromatic heterocycles. The monoisotopic (exact) mass is 297 g/mol. The zero-order valence-corrected chi connectivity index (χ0v) is 13.2. The maximum atomic E-state index is 11.6. The summed E-state index contributed by atoms with van der Waals surface area (Å²) in [4.78, 5) is 16.9. The lowest BCUT2D eigenvalue weighted by molar-refractivity contribution is 0.525. The van der Waals surface area contributed by atoms with E-state index in [0.717, 1.165) is 42.8 Å². The van der Waals surface area contributed by atoms with Gasteiger partial charge in [-0.2, -0.15) is 0 Å². The van der Waals surface area contributed by atoms with Crippen LogP contribution in [0.4, 0.5) is 5.69 Å². The third-order valence-corrected chi connectivity index (χ3v) is 4.41. The van der Waals surface area contributed by atoms with Gasteiger partial charge in [0, 0.05) is 30.4 Å². The third kappa shape index (κ3) is 2.92. The molecule has 0 saturated carbocycles. The normalized spacial score (nSPS) is 21.3. The standard InChI is InChI=1S/C18H23N3O/c1-3-13-6-9-16(22)20-17(13)14-4-7-15(8-5-14)21-11-10-18(2,19)12-21/h4-9H,3,10-12,19H2,1-2H3,(H,20,22). The second-order valence-electron chi connectivity index (χ2n) is 6.45. The summed E-state index contributed by atoms with van der Waals surface area (Å²) in [5.74, 6) is 0.